The third-order valence-corrected chi connectivity index (χ3v) is 4.91. The van der Waals surface area contributed by atoms with Crippen molar-refractivity contribution < 1.29 is 4.79 Å². The minimum atomic E-state index is -0.320. The van der Waals surface area contributed by atoms with Gasteiger partial charge in [0.05, 0.1) is 5.69 Å². The first-order valence-corrected chi connectivity index (χ1v) is 9.85. The first-order chi connectivity index (χ1) is 12.5. The van der Waals surface area contributed by atoms with Crippen molar-refractivity contribution in [2.75, 3.05) is 11.6 Å². The predicted octanol–water partition coefficient (Wildman–Crippen LogP) is 4.03. The predicted molar refractivity (Wildman–Crippen MR) is 108 cm³/mol. The number of hydrogen-bond donors (Lipinski definition) is 1. The second-order valence-electron chi connectivity index (χ2n) is 5.50. The number of carbonyl (C=O) groups is 1. The molecule has 0 spiro atoms. The van der Waals surface area contributed by atoms with Gasteiger partial charge in [0.2, 0.25) is 5.91 Å². The molecule has 1 aromatic heterocycles. The minimum Gasteiger partial charge on any atom is -0.324 e. The van der Waals surface area contributed by atoms with Crippen molar-refractivity contribution >= 4 is 39.3 Å². The molecule has 0 unspecified atom stereocenters. The third kappa shape index (κ3) is 4.62. The lowest BCUT2D eigenvalue weighted by atomic mass is 10.1. The van der Waals surface area contributed by atoms with Crippen molar-refractivity contribution in [1.82, 2.24) is 9.78 Å². The zero-order chi connectivity index (χ0) is 18.5. The van der Waals surface area contributed by atoms with E-state index in [1.165, 1.54) is 10.7 Å². The molecule has 0 aliphatic heterocycles. The maximum absolute atomic E-state index is 12.3. The van der Waals surface area contributed by atoms with Crippen LogP contribution in [0.4, 0.5) is 5.69 Å². The molecule has 0 fully saturated rings. The second kappa shape index (κ2) is 8.33. The van der Waals surface area contributed by atoms with Crippen molar-refractivity contribution in [3.8, 4) is 11.3 Å². The Kier molecular flexibility index (Phi) is 5.90. The highest BCUT2D eigenvalue weighted by Crippen LogP contribution is 2.20. The first-order valence-electron chi connectivity index (χ1n) is 7.83. The Labute approximate surface area is 163 Å². The van der Waals surface area contributed by atoms with Crippen LogP contribution in [0.5, 0.6) is 0 Å². The maximum atomic E-state index is 12.3. The molecule has 7 heteroatoms. The zero-order valence-corrected chi connectivity index (χ0v) is 16.4. The molecule has 1 heterocycles. The van der Waals surface area contributed by atoms with Crippen LogP contribution >= 0.6 is 27.7 Å². The quantitative estimate of drug-likeness (QED) is 0.621. The zero-order valence-electron chi connectivity index (χ0n) is 14.0. The van der Waals surface area contributed by atoms with Gasteiger partial charge in [0.15, 0.2) is 0 Å². The summed E-state index contributed by atoms with van der Waals surface area (Å²) in [4.78, 5) is 25.4. The Morgan fingerprint density at radius 3 is 2.65 bits per heavy atom. The van der Waals surface area contributed by atoms with Crippen molar-refractivity contribution in [3.05, 3.63) is 75.5 Å². The van der Waals surface area contributed by atoms with Crippen molar-refractivity contribution in [2.24, 2.45) is 0 Å². The summed E-state index contributed by atoms with van der Waals surface area (Å²) < 4.78 is 2.13. The van der Waals surface area contributed by atoms with E-state index in [0.717, 1.165) is 14.9 Å². The van der Waals surface area contributed by atoms with Gasteiger partial charge in [0.25, 0.3) is 5.56 Å². The van der Waals surface area contributed by atoms with Gasteiger partial charge in [-0.2, -0.15) is 5.10 Å². The standard InChI is InChI=1S/C19H16BrN3O2S/c1-26-16-4-2-3-15(11-16)21-18(24)12-23-19(25)10-9-17(22-23)13-5-7-14(20)8-6-13/h2-11H,12H2,1H3,(H,21,24). The highest BCUT2D eigenvalue weighted by Gasteiger charge is 2.09. The summed E-state index contributed by atoms with van der Waals surface area (Å²) in [6, 6.07) is 18.2. The molecule has 0 bridgehead atoms. The van der Waals surface area contributed by atoms with Gasteiger partial charge in [0, 0.05) is 26.7 Å². The number of thioether (sulfide) groups is 1. The number of carbonyl (C=O) groups excluding carboxylic acids is 1. The summed E-state index contributed by atoms with van der Waals surface area (Å²) >= 11 is 4.98. The maximum Gasteiger partial charge on any atom is 0.267 e. The Hall–Kier alpha value is -2.38. The number of nitrogens with zero attached hydrogens (tertiary/aromatic N) is 2. The lowest BCUT2D eigenvalue weighted by molar-refractivity contribution is -0.117. The van der Waals surface area contributed by atoms with E-state index in [9.17, 15) is 9.59 Å². The number of amides is 1. The molecule has 132 valence electrons. The van der Waals surface area contributed by atoms with Crippen molar-refractivity contribution in [2.45, 2.75) is 11.4 Å². The lowest BCUT2D eigenvalue weighted by Crippen LogP contribution is -2.29. The fourth-order valence-electron chi connectivity index (χ4n) is 2.37. The van der Waals surface area contributed by atoms with E-state index in [1.54, 1.807) is 17.8 Å². The number of aromatic nitrogens is 2. The van der Waals surface area contributed by atoms with Crippen LogP contribution in [-0.2, 0) is 11.3 Å². The van der Waals surface area contributed by atoms with Crippen molar-refractivity contribution in [3.63, 3.8) is 0 Å². The van der Waals surface area contributed by atoms with E-state index in [1.807, 2.05) is 54.8 Å². The van der Waals surface area contributed by atoms with E-state index in [2.05, 4.69) is 26.3 Å². The first kappa shape index (κ1) is 18.4. The van der Waals surface area contributed by atoms with Gasteiger partial charge in [-0.1, -0.05) is 34.1 Å². The minimum absolute atomic E-state index is 0.146. The van der Waals surface area contributed by atoms with Crippen LogP contribution < -0.4 is 10.9 Å². The van der Waals surface area contributed by atoms with E-state index in [-0.39, 0.29) is 18.0 Å². The van der Waals surface area contributed by atoms with Crippen LogP contribution in [0.2, 0.25) is 0 Å². The molecule has 5 nitrogen and oxygen atoms in total. The third-order valence-electron chi connectivity index (χ3n) is 3.65. The van der Waals surface area contributed by atoms with E-state index >= 15 is 0 Å². The van der Waals surface area contributed by atoms with Gasteiger partial charge in [-0.25, -0.2) is 4.68 Å². The molecule has 26 heavy (non-hydrogen) atoms. The van der Waals surface area contributed by atoms with E-state index < -0.39 is 0 Å². The summed E-state index contributed by atoms with van der Waals surface area (Å²) in [6.45, 7) is -0.146. The number of halogens is 1. The largest absolute Gasteiger partial charge is 0.324 e. The highest BCUT2D eigenvalue weighted by molar-refractivity contribution is 9.10. The molecule has 3 rings (SSSR count). The number of anilines is 1. The Morgan fingerprint density at radius 1 is 1.15 bits per heavy atom. The fourth-order valence-corrected chi connectivity index (χ4v) is 3.10. The number of rotatable bonds is 5. The average Bonchev–Trinajstić information content (AvgIpc) is 2.64. The normalized spacial score (nSPS) is 10.5. The topological polar surface area (TPSA) is 64.0 Å². The highest BCUT2D eigenvalue weighted by atomic mass is 79.9. The van der Waals surface area contributed by atoms with Gasteiger partial charge in [0.1, 0.15) is 6.54 Å². The molecule has 3 aromatic rings. The average molecular weight is 430 g/mol. The van der Waals surface area contributed by atoms with Gasteiger partial charge in [-0.3, -0.25) is 9.59 Å². The second-order valence-corrected chi connectivity index (χ2v) is 7.30. The summed E-state index contributed by atoms with van der Waals surface area (Å²) in [5, 5.41) is 7.11. The lowest BCUT2D eigenvalue weighted by Gasteiger charge is -2.09. The van der Waals surface area contributed by atoms with Crippen molar-refractivity contribution in [1.29, 1.82) is 0 Å². The number of nitrogens with one attached hydrogen (secondary N) is 1. The van der Waals surface area contributed by atoms with E-state index in [4.69, 9.17) is 0 Å². The van der Waals surface area contributed by atoms with E-state index in [0.29, 0.717) is 11.4 Å². The summed E-state index contributed by atoms with van der Waals surface area (Å²) in [7, 11) is 0. The Bertz CT molecular complexity index is 987. The van der Waals surface area contributed by atoms with Gasteiger partial charge < -0.3 is 5.32 Å². The molecule has 2 aromatic carbocycles. The SMILES string of the molecule is CSc1cccc(NC(=O)Cn2nc(-c3ccc(Br)cc3)ccc2=O)c1. The molecule has 0 atom stereocenters. The van der Waals surface area contributed by atoms with Crippen LogP contribution in [-0.4, -0.2) is 21.9 Å². The monoisotopic (exact) mass is 429 g/mol. The molecule has 0 saturated carbocycles. The van der Waals surface area contributed by atoms with Gasteiger partial charge in [-0.15, -0.1) is 11.8 Å². The Balaban J connectivity index is 1.78. The molecule has 0 aliphatic rings. The molecule has 0 radical (unpaired) electrons. The smallest absolute Gasteiger partial charge is 0.267 e. The summed E-state index contributed by atoms with van der Waals surface area (Å²) in [5.74, 6) is -0.300. The fraction of sp³-hybridized carbons (Fsp3) is 0.105. The van der Waals surface area contributed by atoms with Gasteiger partial charge >= 0.3 is 0 Å². The van der Waals surface area contributed by atoms with Crippen LogP contribution in [0.1, 0.15) is 0 Å². The summed E-state index contributed by atoms with van der Waals surface area (Å²) in [6.07, 6.45) is 1.97. The molecule has 0 saturated heterocycles. The molecule has 0 aliphatic carbocycles. The molecule has 1 amide bonds. The Morgan fingerprint density at radius 2 is 1.92 bits per heavy atom. The van der Waals surface area contributed by atoms with Crippen LogP contribution in [0.25, 0.3) is 11.3 Å². The molecular weight excluding hydrogens is 414 g/mol. The van der Waals surface area contributed by atoms with Gasteiger partial charge in [-0.05, 0) is 42.7 Å². The summed E-state index contributed by atoms with van der Waals surface area (Å²) in [5.41, 5.74) is 1.88. The van der Waals surface area contributed by atoms with Crippen LogP contribution in [0.15, 0.2) is 74.8 Å². The molecule has 1 N–H and O–H groups in total. The molecular formula is C19H16BrN3O2S. The number of hydrogen-bond acceptors (Lipinski definition) is 4. The number of benzene rings is 2. The van der Waals surface area contributed by atoms with Crippen LogP contribution in [0.3, 0.4) is 0 Å². The van der Waals surface area contributed by atoms with Crippen LogP contribution in [0, 0.1) is 0 Å².